The number of halogens is 3. The summed E-state index contributed by atoms with van der Waals surface area (Å²) in [4.78, 5) is 0. The molecule has 0 unspecified atom stereocenters. The molecule has 0 saturated carbocycles. The largest absolute Gasteiger partial charge is 0.490 e. The Hall–Kier alpha value is -1.43. The molecule has 0 spiro atoms. The molecule has 3 nitrogen and oxygen atoms in total. The van der Waals surface area contributed by atoms with Crippen molar-refractivity contribution < 1.29 is 22.6 Å². The molecule has 1 aromatic rings. The minimum atomic E-state index is -4.37. The molecule has 1 rings (SSSR count). The number of alkyl halides is 3. The second kappa shape index (κ2) is 7.38. The maximum atomic E-state index is 12.3. The molecule has 0 heterocycles. The van der Waals surface area contributed by atoms with E-state index >= 15 is 0 Å². The van der Waals surface area contributed by atoms with Crippen LogP contribution in [0.4, 0.5) is 13.2 Å². The van der Waals surface area contributed by atoms with Crippen molar-refractivity contribution in [3.05, 3.63) is 23.8 Å². The molecule has 0 bridgehead atoms. The maximum Gasteiger partial charge on any atom is 0.422 e. The molecule has 114 valence electrons. The Kier molecular flexibility index (Phi) is 6.13. The Balaban J connectivity index is 2.93. The van der Waals surface area contributed by atoms with Gasteiger partial charge in [0.05, 0.1) is 6.61 Å². The van der Waals surface area contributed by atoms with E-state index in [0.29, 0.717) is 24.5 Å². The third-order valence-electron chi connectivity index (χ3n) is 2.44. The number of hydrogen-bond donors (Lipinski definition) is 1. The summed E-state index contributed by atoms with van der Waals surface area (Å²) in [6, 6.07) is 5.29. The number of rotatable bonds is 7. The van der Waals surface area contributed by atoms with Crippen molar-refractivity contribution >= 4 is 0 Å². The van der Waals surface area contributed by atoms with Gasteiger partial charge in [0.2, 0.25) is 0 Å². The zero-order chi connectivity index (χ0) is 15.2. The minimum Gasteiger partial charge on any atom is -0.490 e. The van der Waals surface area contributed by atoms with Gasteiger partial charge in [-0.05, 0) is 13.0 Å². The van der Waals surface area contributed by atoms with Crippen LogP contribution in [0, 0.1) is 0 Å². The highest BCUT2D eigenvalue weighted by Gasteiger charge is 2.29. The maximum absolute atomic E-state index is 12.3. The number of hydrogen-bond acceptors (Lipinski definition) is 3. The highest BCUT2D eigenvalue weighted by atomic mass is 19.4. The fourth-order valence-electron chi connectivity index (χ4n) is 1.60. The first-order chi connectivity index (χ1) is 9.33. The summed E-state index contributed by atoms with van der Waals surface area (Å²) in [6.07, 6.45) is -4.37. The van der Waals surface area contributed by atoms with Gasteiger partial charge in [0.1, 0.15) is 0 Å². The smallest absolute Gasteiger partial charge is 0.422 e. The first-order valence-electron chi connectivity index (χ1n) is 6.51. The second-order valence-electron chi connectivity index (χ2n) is 4.62. The average molecular weight is 291 g/mol. The van der Waals surface area contributed by atoms with Gasteiger partial charge < -0.3 is 14.8 Å². The van der Waals surface area contributed by atoms with Gasteiger partial charge in [-0.2, -0.15) is 13.2 Å². The van der Waals surface area contributed by atoms with Gasteiger partial charge in [-0.25, -0.2) is 0 Å². The van der Waals surface area contributed by atoms with Crippen molar-refractivity contribution in [2.75, 3.05) is 13.2 Å². The summed E-state index contributed by atoms with van der Waals surface area (Å²) in [7, 11) is 0. The molecule has 1 aromatic carbocycles. The van der Waals surface area contributed by atoms with Gasteiger partial charge in [-0.15, -0.1) is 0 Å². The van der Waals surface area contributed by atoms with Crippen molar-refractivity contribution in [3.8, 4) is 11.5 Å². The van der Waals surface area contributed by atoms with Crippen molar-refractivity contribution in [2.24, 2.45) is 0 Å². The fraction of sp³-hybridized carbons (Fsp3) is 0.571. The van der Waals surface area contributed by atoms with E-state index in [1.165, 1.54) is 0 Å². The SMILES string of the molecule is CCOc1cccc(CNC(C)C)c1OCC(F)(F)F. The van der Waals surface area contributed by atoms with E-state index in [1.807, 2.05) is 13.8 Å². The van der Waals surface area contributed by atoms with E-state index in [9.17, 15) is 13.2 Å². The first kappa shape index (κ1) is 16.6. The quantitative estimate of drug-likeness (QED) is 0.833. The second-order valence-corrected chi connectivity index (χ2v) is 4.62. The fourth-order valence-corrected chi connectivity index (χ4v) is 1.60. The zero-order valence-electron chi connectivity index (χ0n) is 11.9. The molecular weight excluding hydrogens is 271 g/mol. The third-order valence-corrected chi connectivity index (χ3v) is 2.44. The number of benzene rings is 1. The van der Waals surface area contributed by atoms with Crippen LogP contribution in [0.25, 0.3) is 0 Å². The zero-order valence-corrected chi connectivity index (χ0v) is 11.9. The van der Waals surface area contributed by atoms with E-state index in [2.05, 4.69) is 5.32 Å². The lowest BCUT2D eigenvalue weighted by molar-refractivity contribution is -0.153. The van der Waals surface area contributed by atoms with Crippen LogP contribution in [0.5, 0.6) is 11.5 Å². The normalized spacial score (nSPS) is 11.8. The van der Waals surface area contributed by atoms with Crippen LogP contribution >= 0.6 is 0 Å². The van der Waals surface area contributed by atoms with E-state index < -0.39 is 12.8 Å². The first-order valence-corrected chi connectivity index (χ1v) is 6.51. The number of para-hydroxylation sites is 1. The monoisotopic (exact) mass is 291 g/mol. The highest BCUT2D eigenvalue weighted by molar-refractivity contribution is 5.46. The Morgan fingerprint density at radius 1 is 1.20 bits per heavy atom. The van der Waals surface area contributed by atoms with Crippen LogP contribution in [-0.2, 0) is 6.54 Å². The summed E-state index contributed by atoms with van der Waals surface area (Å²) in [5.41, 5.74) is 0.647. The topological polar surface area (TPSA) is 30.5 Å². The number of ether oxygens (including phenoxy) is 2. The molecule has 20 heavy (non-hydrogen) atoms. The molecule has 0 aliphatic heterocycles. The molecule has 0 amide bonds. The predicted molar refractivity (Wildman–Crippen MR) is 71.1 cm³/mol. The van der Waals surface area contributed by atoms with E-state index in [-0.39, 0.29) is 11.8 Å². The highest BCUT2D eigenvalue weighted by Crippen LogP contribution is 2.32. The predicted octanol–water partition coefficient (Wildman–Crippen LogP) is 3.52. The molecule has 0 aliphatic carbocycles. The molecule has 0 radical (unpaired) electrons. The van der Waals surface area contributed by atoms with Crippen molar-refractivity contribution in [2.45, 2.75) is 39.5 Å². The molecule has 0 saturated heterocycles. The lowest BCUT2D eigenvalue weighted by Gasteiger charge is -2.18. The minimum absolute atomic E-state index is 0.153. The Morgan fingerprint density at radius 3 is 2.45 bits per heavy atom. The van der Waals surface area contributed by atoms with Gasteiger partial charge in [-0.1, -0.05) is 26.0 Å². The van der Waals surface area contributed by atoms with Crippen LogP contribution in [0.15, 0.2) is 18.2 Å². The van der Waals surface area contributed by atoms with Gasteiger partial charge in [-0.3, -0.25) is 0 Å². The molecular formula is C14H20F3NO2. The van der Waals surface area contributed by atoms with Gasteiger partial charge >= 0.3 is 6.18 Å². The van der Waals surface area contributed by atoms with E-state index in [1.54, 1.807) is 25.1 Å². The Bertz CT molecular complexity index is 419. The van der Waals surface area contributed by atoms with Crippen LogP contribution < -0.4 is 14.8 Å². The summed E-state index contributed by atoms with van der Waals surface area (Å²) in [6.45, 7) is 5.15. The average Bonchev–Trinajstić information content (AvgIpc) is 2.34. The Labute approximate surface area is 117 Å². The summed E-state index contributed by atoms with van der Waals surface area (Å²) in [5, 5.41) is 3.15. The molecule has 1 N–H and O–H groups in total. The molecule has 0 aromatic heterocycles. The Morgan fingerprint density at radius 2 is 1.90 bits per heavy atom. The lowest BCUT2D eigenvalue weighted by Crippen LogP contribution is -2.24. The van der Waals surface area contributed by atoms with Crippen LogP contribution in [0.1, 0.15) is 26.3 Å². The summed E-state index contributed by atoms with van der Waals surface area (Å²) >= 11 is 0. The van der Waals surface area contributed by atoms with Crippen LogP contribution in [0.3, 0.4) is 0 Å². The van der Waals surface area contributed by atoms with E-state index in [0.717, 1.165) is 0 Å². The van der Waals surface area contributed by atoms with Crippen LogP contribution in [-0.4, -0.2) is 25.4 Å². The van der Waals surface area contributed by atoms with Crippen molar-refractivity contribution in [1.82, 2.24) is 5.32 Å². The van der Waals surface area contributed by atoms with Crippen molar-refractivity contribution in [1.29, 1.82) is 0 Å². The van der Waals surface area contributed by atoms with Crippen molar-refractivity contribution in [3.63, 3.8) is 0 Å². The molecule has 6 heteroatoms. The molecule has 0 fully saturated rings. The van der Waals surface area contributed by atoms with Crippen LogP contribution in [0.2, 0.25) is 0 Å². The lowest BCUT2D eigenvalue weighted by atomic mass is 10.1. The van der Waals surface area contributed by atoms with Gasteiger partial charge in [0, 0.05) is 18.2 Å². The van der Waals surface area contributed by atoms with Gasteiger partial charge in [0.15, 0.2) is 18.1 Å². The number of nitrogens with one attached hydrogen (secondary N) is 1. The third kappa shape index (κ3) is 5.69. The summed E-state index contributed by atoms with van der Waals surface area (Å²) < 4.78 is 47.2. The summed E-state index contributed by atoms with van der Waals surface area (Å²) in [5.74, 6) is 0.486. The van der Waals surface area contributed by atoms with E-state index in [4.69, 9.17) is 9.47 Å². The molecule has 0 aliphatic rings. The molecule has 0 atom stereocenters. The van der Waals surface area contributed by atoms with Gasteiger partial charge in [0.25, 0.3) is 0 Å². The standard InChI is InChI=1S/C14H20F3NO2/c1-4-19-12-7-5-6-11(8-18-10(2)3)13(12)20-9-14(15,16)17/h5-7,10,18H,4,8-9H2,1-3H3.